The van der Waals surface area contributed by atoms with Crippen LogP contribution in [0.15, 0.2) is 33.4 Å². The van der Waals surface area contributed by atoms with Gasteiger partial charge in [-0.2, -0.15) is 11.3 Å². The number of rotatable bonds is 2. The van der Waals surface area contributed by atoms with Gasteiger partial charge in [0.05, 0.1) is 5.56 Å². The molecule has 0 fully saturated rings. The minimum atomic E-state index is -0.0626. The predicted molar refractivity (Wildman–Crippen MR) is 75.9 cm³/mol. The fourth-order valence-electron chi connectivity index (χ4n) is 1.61. The molecule has 1 aromatic carbocycles. The van der Waals surface area contributed by atoms with Crippen molar-refractivity contribution in [1.29, 1.82) is 0 Å². The maximum Gasteiger partial charge on any atom is 0.256 e. The Morgan fingerprint density at radius 3 is 2.47 bits per heavy atom. The quantitative estimate of drug-likeness (QED) is 0.876. The van der Waals surface area contributed by atoms with Gasteiger partial charge in [0.2, 0.25) is 0 Å². The van der Waals surface area contributed by atoms with Crippen molar-refractivity contribution in [2.24, 2.45) is 0 Å². The minimum Gasteiger partial charge on any atom is -0.322 e. The monoisotopic (exact) mass is 309 g/mol. The second kappa shape index (κ2) is 5.02. The Labute approximate surface area is 113 Å². The summed E-state index contributed by atoms with van der Waals surface area (Å²) in [5.74, 6) is -0.0626. The molecule has 0 bridgehead atoms. The number of hydrogen-bond acceptors (Lipinski definition) is 2. The normalized spacial score (nSPS) is 10.3. The van der Waals surface area contributed by atoms with Crippen LogP contribution in [-0.2, 0) is 0 Å². The van der Waals surface area contributed by atoms with Crippen molar-refractivity contribution < 1.29 is 4.79 Å². The van der Waals surface area contributed by atoms with Crippen LogP contribution in [0.2, 0.25) is 0 Å². The highest BCUT2D eigenvalue weighted by Gasteiger charge is 2.08. The third-order valence-corrected chi connectivity index (χ3v) is 4.41. The van der Waals surface area contributed by atoms with Crippen LogP contribution in [0.1, 0.15) is 21.5 Å². The highest BCUT2D eigenvalue weighted by Crippen LogP contribution is 2.25. The molecule has 2 nitrogen and oxygen atoms in total. The second-order valence-corrected chi connectivity index (χ2v) is 5.46. The van der Waals surface area contributed by atoms with E-state index in [1.165, 1.54) is 11.3 Å². The van der Waals surface area contributed by atoms with Crippen LogP contribution in [0.4, 0.5) is 5.69 Å². The first-order chi connectivity index (χ1) is 8.08. The van der Waals surface area contributed by atoms with Crippen molar-refractivity contribution in [3.8, 4) is 0 Å². The molecule has 0 spiro atoms. The summed E-state index contributed by atoms with van der Waals surface area (Å²) in [6, 6.07) is 5.74. The van der Waals surface area contributed by atoms with Gasteiger partial charge in [-0.25, -0.2) is 0 Å². The molecule has 0 unspecified atom stereocenters. The zero-order valence-electron chi connectivity index (χ0n) is 9.58. The average molecular weight is 310 g/mol. The third kappa shape index (κ3) is 2.76. The second-order valence-electron chi connectivity index (χ2n) is 3.89. The van der Waals surface area contributed by atoms with Crippen LogP contribution in [0.3, 0.4) is 0 Å². The molecule has 4 heteroatoms. The Balaban J connectivity index is 2.22. The molecule has 0 radical (unpaired) electrons. The zero-order chi connectivity index (χ0) is 12.4. The summed E-state index contributed by atoms with van der Waals surface area (Å²) in [5.41, 5.74) is 3.77. The van der Waals surface area contributed by atoms with Crippen molar-refractivity contribution in [1.82, 2.24) is 0 Å². The topological polar surface area (TPSA) is 29.1 Å². The van der Waals surface area contributed by atoms with Crippen molar-refractivity contribution in [3.05, 3.63) is 50.1 Å². The Hall–Kier alpha value is -1.13. The Bertz CT molecular complexity index is 526. The molecule has 88 valence electrons. The molecular formula is C13H12BrNOS. The number of thiophene rings is 1. The van der Waals surface area contributed by atoms with Gasteiger partial charge in [-0.05, 0) is 48.6 Å². The number of amides is 1. The highest BCUT2D eigenvalue weighted by atomic mass is 79.9. The standard InChI is InChI=1S/C13H12BrNOS/c1-8-5-11(6-9(2)12(8)14)15-13(16)10-3-4-17-7-10/h3-7H,1-2H3,(H,15,16). The van der Waals surface area contributed by atoms with Gasteiger partial charge in [0, 0.05) is 15.5 Å². The molecule has 17 heavy (non-hydrogen) atoms. The first-order valence-corrected chi connectivity index (χ1v) is 6.92. The summed E-state index contributed by atoms with van der Waals surface area (Å²) < 4.78 is 1.09. The minimum absolute atomic E-state index is 0.0626. The number of anilines is 1. The summed E-state index contributed by atoms with van der Waals surface area (Å²) in [4.78, 5) is 11.9. The smallest absolute Gasteiger partial charge is 0.256 e. The molecule has 0 aliphatic rings. The van der Waals surface area contributed by atoms with E-state index in [1.54, 1.807) is 0 Å². The molecule has 1 amide bonds. The van der Waals surface area contributed by atoms with Gasteiger partial charge >= 0.3 is 0 Å². The number of hydrogen-bond donors (Lipinski definition) is 1. The van der Waals surface area contributed by atoms with Crippen molar-refractivity contribution in [2.75, 3.05) is 5.32 Å². The first-order valence-electron chi connectivity index (χ1n) is 5.18. The van der Waals surface area contributed by atoms with Crippen LogP contribution >= 0.6 is 27.3 Å². The molecule has 1 heterocycles. The van der Waals surface area contributed by atoms with Gasteiger partial charge in [-0.1, -0.05) is 15.9 Å². The van der Waals surface area contributed by atoms with E-state index in [-0.39, 0.29) is 5.91 Å². The summed E-state index contributed by atoms with van der Waals surface area (Å²) in [6.45, 7) is 4.02. The lowest BCUT2D eigenvalue weighted by atomic mass is 10.1. The van der Waals surface area contributed by atoms with Gasteiger partial charge in [0.15, 0.2) is 0 Å². The molecule has 0 saturated carbocycles. The molecule has 2 aromatic rings. The largest absolute Gasteiger partial charge is 0.322 e. The lowest BCUT2D eigenvalue weighted by Crippen LogP contribution is -2.11. The summed E-state index contributed by atoms with van der Waals surface area (Å²) >= 11 is 5.03. The van der Waals surface area contributed by atoms with E-state index in [2.05, 4.69) is 21.2 Å². The average Bonchev–Trinajstić information content (AvgIpc) is 2.79. The Kier molecular flexibility index (Phi) is 3.64. The summed E-state index contributed by atoms with van der Waals surface area (Å²) in [7, 11) is 0. The highest BCUT2D eigenvalue weighted by molar-refractivity contribution is 9.10. The number of halogens is 1. The van der Waals surface area contributed by atoms with E-state index in [0.717, 1.165) is 21.3 Å². The summed E-state index contributed by atoms with van der Waals surface area (Å²) in [6.07, 6.45) is 0. The van der Waals surface area contributed by atoms with Crippen LogP contribution in [-0.4, -0.2) is 5.91 Å². The number of carbonyl (C=O) groups is 1. The fraction of sp³-hybridized carbons (Fsp3) is 0.154. The molecule has 0 aliphatic heterocycles. The molecule has 0 aliphatic carbocycles. The van der Waals surface area contributed by atoms with E-state index in [9.17, 15) is 4.79 Å². The summed E-state index contributed by atoms with van der Waals surface area (Å²) in [5, 5.41) is 6.64. The predicted octanol–water partition coefficient (Wildman–Crippen LogP) is 4.38. The van der Waals surface area contributed by atoms with Gasteiger partial charge in [-0.15, -0.1) is 0 Å². The molecule has 1 N–H and O–H groups in total. The van der Waals surface area contributed by atoms with E-state index in [4.69, 9.17) is 0 Å². The Morgan fingerprint density at radius 2 is 1.94 bits per heavy atom. The molecule has 2 rings (SSSR count). The number of aryl methyl sites for hydroxylation is 2. The van der Waals surface area contributed by atoms with Crippen LogP contribution < -0.4 is 5.32 Å². The number of nitrogens with one attached hydrogen (secondary N) is 1. The molecule has 1 aromatic heterocycles. The molecule has 0 saturated heterocycles. The van der Waals surface area contributed by atoms with Gasteiger partial charge < -0.3 is 5.32 Å². The van der Waals surface area contributed by atoms with Crippen LogP contribution in [0.5, 0.6) is 0 Å². The Morgan fingerprint density at radius 1 is 1.29 bits per heavy atom. The number of carbonyl (C=O) groups excluding carboxylic acids is 1. The maximum atomic E-state index is 11.9. The van der Waals surface area contributed by atoms with Gasteiger partial charge in [0.25, 0.3) is 5.91 Å². The zero-order valence-corrected chi connectivity index (χ0v) is 12.0. The van der Waals surface area contributed by atoms with Crippen LogP contribution in [0.25, 0.3) is 0 Å². The fourth-order valence-corrected chi connectivity index (χ4v) is 2.48. The van der Waals surface area contributed by atoms with Crippen LogP contribution in [0, 0.1) is 13.8 Å². The third-order valence-electron chi connectivity index (χ3n) is 2.48. The van der Waals surface area contributed by atoms with Crippen molar-refractivity contribution in [3.63, 3.8) is 0 Å². The lowest BCUT2D eigenvalue weighted by molar-refractivity contribution is 0.102. The van der Waals surface area contributed by atoms with E-state index in [0.29, 0.717) is 5.56 Å². The van der Waals surface area contributed by atoms with Crippen molar-refractivity contribution in [2.45, 2.75) is 13.8 Å². The maximum absolute atomic E-state index is 11.9. The van der Waals surface area contributed by atoms with Crippen molar-refractivity contribution >= 4 is 38.9 Å². The van der Waals surface area contributed by atoms with Gasteiger partial charge in [-0.3, -0.25) is 4.79 Å². The lowest BCUT2D eigenvalue weighted by Gasteiger charge is -2.09. The van der Waals surface area contributed by atoms with E-state index < -0.39 is 0 Å². The number of benzene rings is 1. The van der Waals surface area contributed by atoms with Gasteiger partial charge in [0.1, 0.15) is 0 Å². The first kappa shape index (κ1) is 12.3. The molecule has 0 atom stereocenters. The van der Waals surface area contributed by atoms with E-state index >= 15 is 0 Å². The van der Waals surface area contributed by atoms with E-state index in [1.807, 2.05) is 42.8 Å². The SMILES string of the molecule is Cc1cc(NC(=O)c2ccsc2)cc(C)c1Br. The molecular weight excluding hydrogens is 298 g/mol.